The van der Waals surface area contributed by atoms with Crippen molar-refractivity contribution < 1.29 is 0 Å². The summed E-state index contributed by atoms with van der Waals surface area (Å²) >= 11 is 0. The van der Waals surface area contributed by atoms with E-state index in [0.29, 0.717) is 5.41 Å². The molecule has 0 bridgehead atoms. The lowest BCUT2D eigenvalue weighted by molar-refractivity contribution is 0.283. The Morgan fingerprint density at radius 3 is 2.23 bits per heavy atom. The second-order valence-electron chi connectivity index (χ2n) is 6.04. The minimum absolute atomic E-state index is 0.457. The summed E-state index contributed by atoms with van der Waals surface area (Å²) in [7, 11) is 0. The largest absolute Gasteiger partial charge is 0.311 e. The normalized spacial score (nSPS) is 35.3. The summed E-state index contributed by atoms with van der Waals surface area (Å²) in [6.45, 7) is 7.05. The Balaban J connectivity index is 1.79. The summed E-state index contributed by atoms with van der Waals surface area (Å²) in [6.07, 6.45) is 7.25. The number of nitrogens with one attached hydrogen (secondary N) is 1. The first-order valence-electron chi connectivity index (χ1n) is 5.82. The van der Waals surface area contributed by atoms with E-state index in [1.807, 2.05) is 0 Å². The lowest BCUT2D eigenvalue weighted by Crippen LogP contribution is -2.38. The van der Waals surface area contributed by atoms with Crippen LogP contribution in [-0.4, -0.2) is 12.1 Å². The molecule has 1 aliphatic heterocycles. The van der Waals surface area contributed by atoms with E-state index < -0.39 is 0 Å². The summed E-state index contributed by atoms with van der Waals surface area (Å²) in [5, 5.41) is 3.80. The highest BCUT2D eigenvalue weighted by molar-refractivity contribution is 4.92. The summed E-state index contributed by atoms with van der Waals surface area (Å²) in [5.74, 6) is 1.08. The van der Waals surface area contributed by atoms with Crippen molar-refractivity contribution in [2.24, 2.45) is 11.3 Å². The fourth-order valence-electron chi connectivity index (χ4n) is 2.44. The zero-order chi connectivity index (χ0) is 9.47. The first kappa shape index (κ1) is 9.51. The van der Waals surface area contributed by atoms with Crippen molar-refractivity contribution in [2.75, 3.05) is 0 Å². The highest BCUT2D eigenvalue weighted by Crippen LogP contribution is 2.37. The second-order valence-corrected chi connectivity index (χ2v) is 6.04. The molecular formula is C12H23N. The van der Waals surface area contributed by atoms with Crippen LogP contribution in [0.4, 0.5) is 0 Å². The van der Waals surface area contributed by atoms with Gasteiger partial charge < -0.3 is 5.32 Å². The minimum Gasteiger partial charge on any atom is -0.311 e. The van der Waals surface area contributed by atoms with E-state index in [0.717, 1.165) is 18.0 Å². The maximum Gasteiger partial charge on any atom is 0.0119 e. The van der Waals surface area contributed by atoms with Gasteiger partial charge in [0.25, 0.3) is 0 Å². The Hall–Kier alpha value is -0.0400. The van der Waals surface area contributed by atoms with Crippen LogP contribution < -0.4 is 5.32 Å². The van der Waals surface area contributed by atoms with Gasteiger partial charge in [0.2, 0.25) is 0 Å². The third-order valence-electron chi connectivity index (χ3n) is 3.60. The highest BCUT2D eigenvalue weighted by Gasteiger charge is 2.34. The van der Waals surface area contributed by atoms with Gasteiger partial charge in [-0.3, -0.25) is 0 Å². The first-order chi connectivity index (χ1) is 6.05. The van der Waals surface area contributed by atoms with Crippen LogP contribution in [-0.2, 0) is 0 Å². The average molecular weight is 181 g/mol. The molecule has 0 radical (unpaired) electrons. The number of rotatable bonds is 2. The Morgan fingerprint density at radius 2 is 1.77 bits per heavy atom. The van der Waals surface area contributed by atoms with E-state index in [9.17, 15) is 0 Å². The molecule has 2 rings (SSSR count). The zero-order valence-electron chi connectivity index (χ0n) is 9.27. The molecule has 2 fully saturated rings. The molecule has 1 nitrogen and oxygen atoms in total. The SMILES string of the molecule is CC(C)(C)C1CCC(CC2CC2)N1. The van der Waals surface area contributed by atoms with Crippen molar-refractivity contribution >= 4 is 0 Å². The molecule has 0 aromatic carbocycles. The van der Waals surface area contributed by atoms with Gasteiger partial charge in [-0.25, -0.2) is 0 Å². The van der Waals surface area contributed by atoms with Crippen molar-refractivity contribution in [3.63, 3.8) is 0 Å². The van der Waals surface area contributed by atoms with Crippen LogP contribution >= 0.6 is 0 Å². The van der Waals surface area contributed by atoms with Crippen molar-refractivity contribution in [2.45, 2.75) is 65.0 Å². The molecular weight excluding hydrogens is 158 g/mol. The van der Waals surface area contributed by atoms with Gasteiger partial charge in [0.05, 0.1) is 0 Å². The molecule has 1 aliphatic carbocycles. The lowest BCUT2D eigenvalue weighted by Gasteiger charge is -2.28. The van der Waals surface area contributed by atoms with Gasteiger partial charge in [-0.05, 0) is 30.6 Å². The molecule has 2 atom stereocenters. The van der Waals surface area contributed by atoms with Crippen molar-refractivity contribution in [3.8, 4) is 0 Å². The number of hydrogen-bond acceptors (Lipinski definition) is 1. The quantitative estimate of drug-likeness (QED) is 0.690. The summed E-state index contributed by atoms with van der Waals surface area (Å²) in [5.41, 5.74) is 0.457. The molecule has 2 aliphatic rings. The fourth-order valence-corrected chi connectivity index (χ4v) is 2.44. The molecule has 1 saturated carbocycles. The Labute approximate surface area is 82.3 Å². The lowest BCUT2D eigenvalue weighted by atomic mass is 9.86. The Bertz CT molecular complexity index is 176. The smallest absolute Gasteiger partial charge is 0.0119 e. The standard InChI is InChI=1S/C12H23N/c1-12(2,3)11-7-6-10(13-11)8-9-4-5-9/h9-11,13H,4-8H2,1-3H3. The average Bonchev–Trinajstić information content (AvgIpc) is 2.63. The van der Waals surface area contributed by atoms with Crippen LogP contribution in [0.1, 0.15) is 52.9 Å². The highest BCUT2D eigenvalue weighted by atomic mass is 15.0. The monoisotopic (exact) mass is 181 g/mol. The summed E-state index contributed by atoms with van der Waals surface area (Å²) in [4.78, 5) is 0. The third kappa shape index (κ3) is 2.46. The summed E-state index contributed by atoms with van der Waals surface area (Å²) < 4.78 is 0. The van der Waals surface area contributed by atoms with Gasteiger partial charge in [0.1, 0.15) is 0 Å². The van der Waals surface area contributed by atoms with Gasteiger partial charge in [0, 0.05) is 12.1 Å². The number of hydrogen-bond donors (Lipinski definition) is 1. The van der Waals surface area contributed by atoms with Crippen LogP contribution in [0.2, 0.25) is 0 Å². The van der Waals surface area contributed by atoms with E-state index >= 15 is 0 Å². The van der Waals surface area contributed by atoms with Crippen LogP contribution in [0.5, 0.6) is 0 Å². The molecule has 0 aromatic rings. The molecule has 2 unspecified atom stereocenters. The molecule has 1 N–H and O–H groups in total. The van der Waals surface area contributed by atoms with Crippen molar-refractivity contribution in [3.05, 3.63) is 0 Å². The van der Waals surface area contributed by atoms with E-state index in [4.69, 9.17) is 0 Å². The second kappa shape index (κ2) is 3.27. The fraction of sp³-hybridized carbons (Fsp3) is 1.00. The van der Waals surface area contributed by atoms with Crippen LogP contribution in [0.25, 0.3) is 0 Å². The molecule has 1 heterocycles. The van der Waals surface area contributed by atoms with Gasteiger partial charge in [-0.2, -0.15) is 0 Å². The molecule has 0 amide bonds. The van der Waals surface area contributed by atoms with Crippen molar-refractivity contribution in [1.82, 2.24) is 5.32 Å². The van der Waals surface area contributed by atoms with E-state index in [1.165, 1.54) is 32.1 Å². The minimum atomic E-state index is 0.457. The van der Waals surface area contributed by atoms with Gasteiger partial charge in [-0.1, -0.05) is 33.6 Å². The van der Waals surface area contributed by atoms with Crippen LogP contribution in [0.3, 0.4) is 0 Å². The molecule has 1 saturated heterocycles. The summed E-state index contributed by atoms with van der Waals surface area (Å²) in [6, 6.07) is 1.60. The van der Waals surface area contributed by atoms with Crippen LogP contribution in [0.15, 0.2) is 0 Å². The van der Waals surface area contributed by atoms with Gasteiger partial charge in [0.15, 0.2) is 0 Å². The van der Waals surface area contributed by atoms with E-state index in [1.54, 1.807) is 0 Å². The predicted molar refractivity (Wildman–Crippen MR) is 56.7 cm³/mol. The molecule has 1 heteroatoms. The Morgan fingerprint density at radius 1 is 1.08 bits per heavy atom. The van der Waals surface area contributed by atoms with Gasteiger partial charge >= 0.3 is 0 Å². The maximum atomic E-state index is 3.80. The molecule has 0 spiro atoms. The predicted octanol–water partition coefficient (Wildman–Crippen LogP) is 2.95. The first-order valence-corrected chi connectivity index (χ1v) is 5.82. The van der Waals surface area contributed by atoms with Crippen LogP contribution in [0, 0.1) is 11.3 Å². The Kier molecular flexibility index (Phi) is 2.39. The zero-order valence-corrected chi connectivity index (χ0v) is 9.27. The van der Waals surface area contributed by atoms with Crippen molar-refractivity contribution in [1.29, 1.82) is 0 Å². The third-order valence-corrected chi connectivity index (χ3v) is 3.60. The molecule has 76 valence electrons. The van der Waals surface area contributed by atoms with E-state index in [-0.39, 0.29) is 0 Å². The van der Waals surface area contributed by atoms with E-state index in [2.05, 4.69) is 26.1 Å². The molecule has 13 heavy (non-hydrogen) atoms. The van der Waals surface area contributed by atoms with Gasteiger partial charge in [-0.15, -0.1) is 0 Å². The molecule has 0 aromatic heterocycles. The topological polar surface area (TPSA) is 12.0 Å². The maximum absolute atomic E-state index is 3.80.